The van der Waals surface area contributed by atoms with Gasteiger partial charge in [-0.25, -0.2) is 5.84 Å². The lowest BCUT2D eigenvalue weighted by molar-refractivity contribution is 0.222. The van der Waals surface area contributed by atoms with Crippen LogP contribution in [0.15, 0.2) is 22.7 Å². The Morgan fingerprint density at radius 3 is 2.57 bits per heavy atom. The number of halogens is 1. The summed E-state index contributed by atoms with van der Waals surface area (Å²) in [5.41, 5.74) is 4.33. The average Bonchev–Trinajstić information content (AvgIpc) is 2.43. The summed E-state index contributed by atoms with van der Waals surface area (Å²) in [6.07, 6.45) is -0.0431. The molecular formula is C13H17BrN6O. The molecule has 21 heavy (non-hydrogen) atoms. The molecule has 112 valence electrons. The van der Waals surface area contributed by atoms with E-state index in [1.54, 1.807) is 0 Å². The zero-order valence-electron chi connectivity index (χ0n) is 12.0. The molecule has 0 unspecified atom stereocenters. The van der Waals surface area contributed by atoms with Gasteiger partial charge in [-0.3, -0.25) is 5.43 Å². The third-order valence-electron chi connectivity index (χ3n) is 2.60. The molecular weight excluding hydrogens is 336 g/mol. The van der Waals surface area contributed by atoms with Gasteiger partial charge in [0.25, 0.3) is 0 Å². The number of ether oxygens (including phenoxy) is 1. The lowest BCUT2D eigenvalue weighted by Crippen LogP contribution is -2.15. The highest BCUT2D eigenvalue weighted by atomic mass is 79.9. The second kappa shape index (κ2) is 6.68. The number of hydrazine groups is 1. The van der Waals surface area contributed by atoms with Crippen molar-refractivity contribution in [2.45, 2.75) is 26.9 Å². The molecule has 1 heterocycles. The summed E-state index contributed by atoms with van der Waals surface area (Å²) in [5, 5.41) is 3.13. The quantitative estimate of drug-likeness (QED) is 0.562. The van der Waals surface area contributed by atoms with E-state index in [9.17, 15) is 0 Å². The summed E-state index contributed by atoms with van der Waals surface area (Å²) in [6, 6.07) is 6.04. The third-order valence-corrected chi connectivity index (χ3v) is 3.46. The molecule has 1 aromatic carbocycles. The van der Waals surface area contributed by atoms with E-state index in [0.29, 0.717) is 5.95 Å². The number of rotatable bonds is 5. The first kappa shape index (κ1) is 15.5. The number of nitrogens with zero attached hydrogens (tertiary/aromatic N) is 3. The lowest BCUT2D eigenvalue weighted by Gasteiger charge is -2.12. The molecule has 0 radical (unpaired) electrons. The second-order valence-corrected chi connectivity index (χ2v) is 5.47. The molecule has 8 heteroatoms. The van der Waals surface area contributed by atoms with Gasteiger partial charge in [0, 0.05) is 10.2 Å². The first-order valence-corrected chi connectivity index (χ1v) is 7.20. The number of nitrogens with two attached hydrogens (primary N) is 1. The Hall–Kier alpha value is -1.93. The van der Waals surface area contributed by atoms with Crippen molar-refractivity contribution >= 4 is 33.5 Å². The van der Waals surface area contributed by atoms with Gasteiger partial charge in [0.05, 0.1) is 6.10 Å². The van der Waals surface area contributed by atoms with Crippen LogP contribution in [0.25, 0.3) is 0 Å². The van der Waals surface area contributed by atoms with Crippen molar-refractivity contribution in [1.82, 2.24) is 15.0 Å². The van der Waals surface area contributed by atoms with Crippen LogP contribution in [0.3, 0.4) is 0 Å². The topological polar surface area (TPSA) is 98.0 Å². The van der Waals surface area contributed by atoms with Gasteiger partial charge in [0.15, 0.2) is 0 Å². The van der Waals surface area contributed by atoms with Crippen molar-refractivity contribution in [2.75, 3.05) is 10.7 Å². The number of hydrogen-bond donors (Lipinski definition) is 3. The van der Waals surface area contributed by atoms with Crippen LogP contribution in [0.5, 0.6) is 6.01 Å². The monoisotopic (exact) mass is 352 g/mol. The lowest BCUT2D eigenvalue weighted by atomic mass is 10.2. The molecule has 1 aromatic heterocycles. The molecule has 0 amide bonds. The Morgan fingerprint density at radius 2 is 1.90 bits per heavy atom. The van der Waals surface area contributed by atoms with Crippen LogP contribution >= 0.6 is 15.9 Å². The molecule has 0 spiro atoms. The van der Waals surface area contributed by atoms with E-state index in [-0.39, 0.29) is 18.1 Å². The van der Waals surface area contributed by atoms with Gasteiger partial charge in [-0.1, -0.05) is 22.0 Å². The van der Waals surface area contributed by atoms with Gasteiger partial charge in [0.1, 0.15) is 0 Å². The Balaban J connectivity index is 2.32. The van der Waals surface area contributed by atoms with Crippen molar-refractivity contribution in [3.63, 3.8) is 0 Å². The van der Waals surface area contributed by atoms with E-state index in [1.807, 2.05) is 39.0 Å². The molecule has 0 bridgehead atoms. The van der Waals surface area contributed by atoms with Crippen LogP contribution in [-0.2, 0) is 0 Å². The van der Waals surface area contributed by atoms with Crippen LogP contribution in [-0.4, -0.2) is 21.1 Å². The molecule has 2 rings (SSSR count). The molecule has 2 aromatic rings. The molecule has 0 saturated heterocycles. The first-order valence-electron chi connectivity index (χ1n) is 6.41. The predicted octanol–water partition coefficient (Wildman–Crippen LogP) is 2.76. The summed E-state index contributed by atoms with van der Waals surface area (Å²) in [6.45, 7) is 5.77. The second-order valence-electron chi connectivity index (χ2n) is 4.61. The summed E-state index contributed by atoms with van der Waals surface area (Å²) in [7, 11) is 0. The van der Waals surface area contributed by atoms with Crippen molar-refractivity contribution < 1.29 is 4.74 Å². The van der Waals surface area contributed by atoms with E-state index in [1.165, 1.54) is 0 Å². The highest BCUT2D eigenvalue weighted by Gasteiger charge is 2.10. The summed E-state index contributed by atoms with van der Waals surface area (Å²) in [5.74, 6) is 5.96. The standard InChI is InChI=1S/C13H17BrN6O/c1-7(2)21-13-18-11(17-12(19-13)20-15)16-10-6-4-5-9(14)8(10)3/h4-7H,15H2,1-3H3,(H2,16,17,18,19,20). The van der Waals surface area contributed by atoms with E-state index in [2.05, 4.69) is 41.6 Å². The number of anilines is 3. The largest absolute Gasteiger partial charge is 0.461 e. The normalized spacial score (nSPS) is 10.6. The SMILES string of the molecule is Cc1c(Br)cccc1Nc1nc(NN)nc(OC(C)C)n1. The molecule has 7 nitrogen and oxygen atoms in total. The van der Waals surface area contributed by atoms with Gasteiger partial charge >= 0.3 is 6.01 Å². The smallest absolute Gasteiger partial charge is 0.323 e. The fraction of sp³-hybridized carbons (Fsp3) is 0.308. The Labute approximate surface area is 131 Å². The highest BCUT2D eigenvalue weighted by Crippen LogP contribution is 2.26. The Kier molecular flexibility index (Phi) is 4.92. The van der Waals surface area contributed by atoms with Crippen molar-refractivity contribution in [2.24, 2.45) is 5.84 Å². The number of hydrogen-bond acceptors (Lipinski definition) is 7. The fourth-order valence-electron chi connectivity index (χ4n) is 1.60. The maximum atomic E-state index is 5.48. The number of benzene rings is 1. The van der Waals surface area contributed by atoms with Crippen molar-refractivity contribution in [3.05, 3.63) is 28.2 Å². The molecule has 0 aliphatic carbocycles. The minimum atomic E-state index is -0.0431. The highest BCUT2D eigenvalue weighted by molar-refractivity contribution is 9.10. The van der Waals surface area contributed by atoms with Crippen LogP contribution in [0, 0.1) is 6.92 Å². The van der Waals surface area contributed by atoms with E-state index >= 15 is 0 Å². The minimum Gasteiger partial charge on any atom is -0.461 e. The summed E-state index contributed by atoms with van der Waals surface area (Å²) in [4.78, 5) is 12.4. The number of nitrogen functional groups attached to an aromatic ring is 1. The summed E-state index contributed by atoms with van der Waals surface area (Å²) >= 11 is 3.48. The van der Waals surface area contributed by atoms with Crippen LogP contribution in [0.4, 0.5) is 17.6 Å². The van der Waals surface area contributed by atoms with Crippen LogP contribution in [0.1, 0.15) is 19.4 Å². The molecule has 0 aliphatic rings. The van der Waals surface area contributed by atoms with E-state index in [4.69, 9.17) is 10.6 Å². The minimum absolute atomic E-state index is 0.0431. The van der Waals surface area contributed by atoms with E-state index < -0.39 is 0 Å². The summed E-state index contributed by atoms with van der Waals surface area (Å²) < 4.78 is 6.48. The number of aromatic nitrogens is 3. The molecule has 4 N–H and O–H groups in total. The van der Waals surface area contributed by atoms with Gasteiger partial charge in [-0.15, -0.1) is 0 Å². The maximum Gasteiger partial charge on any atom is 0.323 e. The van der Waals surface area contributed by atoms with Gasteiger partial charge in [0.2, 0.25) is 11.9 Å². The molecule has 0 fully saturated rings. The Bertz CT molecular complexity index is 634. The third kappa shape index (κ3) is 4.02. The van der Waals surface area contributed by atoms with Gasteiger partial charge in [-0.05, 0) is 38.5 Å². The Morgan fingerprint density at radius 1 is 1.19 bits per heavy atom. The maximum absolute atomic E-state index is 5.48. The zero-order chi connectivity index (χ0) is 15.4. The molecule has 0 atom stereocenters. The zero-order valence-corrected chi connectivity index (χ0v) is 13.6. The predicted molar refractivity (Wildman–Crippen MR) is 85.6 cm³/mol. The van der Waals surface area contributed by atoms with Crippen LogP contribution < -0.4 is 21.3 Å². The fourth-order valence-corrected chi connectivity index (χ4v) is 1.97. The van der Waals surface area contributed by atoms with Crippen LogP contribution in [0.2, 0.25) is 0 Å². The first-order chi connectivity index (χ1) is 9.99. The van der Waals surface area contributed by atoms with Crippen molar-refractivity contribution in [1.29, 1.82) is 0 Å². The number of nitrogens with one attached hydrogen (secondary N) is 2. The van der Waals surface area contributed by atoms with Gasteiger partial charge in [-0.2, -0.15) is 15.0 Å². The average molecular weight is 353 g/mol. The van der Waals surface area contributed by atoms with Crippen molar-refractivity contribution in [3.8, 4) is 6.01 Å². The van der Waals surface area contributed by atoms with E-state index in [0.717, 1.165) is 15.7 Å². The molecule has 0 saturated carbocycles. The van der Waals surface area contributed by atoms with Gasteiger partial charge < -0.3 is 10.1 Å². The molecule has 0 aliphatic heterocycles.